The lowest BCUT2D eigenvalue weighted by atomic mass is 10.0. The quantitative estimate of drug-likeness (QED) is 0.336. The van der Waals surface area contributed by atoms with Gasteiger partial charge in [-0.3, -0.25) is 24.6 Å². The molecule has 1 N–H and O–H groups in total. The first-order valence-corrected chi connectivity index (χ1v) is 10.2. The number of hydrogen-bond acceptors (Lipinski definition) is 5. The molecule has 0 aliphatic carbocycles. The van der Waals surface area contributed by atoms with Crippen molar-refractivity contribution >= 4 is 28.8 Å². The van der Waals surface area contributed by atoms with Crippen molar-refractivity contribution in [1.29, 1.82) is 0 Å². The molecule has 3 aromatic carbocycles. The lowest BCUT2D eigenvalue weighted by molar-refractivity contribution is -0.384. The van der Waals surface area contributed by atoms with Crippen LogP contribution in [0.15, 0.2) is 72.4 Å². The van der Waals surface area contributed by atoms with Crippen molar-refractivity contribution < 1.29 is 18.9 Å². The fraction of sp³-hybridized carbons (Fsp3) is 0.120. The molecule has 1 aliphatic heterocycles. The summed E-state index contributed by atoms with van der Waals surface area (Å²) in [6.07, 6.45) is 0. The summed E-state index contributed by atoms with van der Waals surface area (Å²) < 4.78 is 13.3. The molecule has 1 aliphatic rings. The Balaban J connectivity index is 1.75. The highest BCUT2D eigenvalue weighted by molar-refractivity contribution is 6.36. The molecule has 0 saturated heterocycles. The molecule has 7 nitrogen and oxygen atoms in total. The van der Waals surface area contributed by atoms with Crippen molar-refractivity contribution in [2.24, 2.45) is 0 Å². The van der Waals surface area contributed by atoms with Crippen LogP contribution in [0.4, 0.5) is 15.8 Å². The molecule has 4 rings (SSSR count). The minimum absolute atomic E-state index is 0.0352. The van der Waals surface area contributed by atoms with Crippen molar-refractivity contribution in [1.82, 2.24) is 4.90 Å². The number of aryl methyl sites for hydroxylation is 2. The Bertz CT molecular complexity index is 1300. The fourth-order valence-corrected chi connectivity index (χ4v) is 3.59. The zero-order chi connectivity index (χ0) is 23.7. The third-order valence-electron chi connectivity index (χ3n) is 5.57. The molecule has 166 valence electrons. The predicted molar refractivity (Wildman–Crippen MR) is 122 cm³/mol. The number of carbonyl (C=O) groups excluding carboxylic acids is 2. The minimum atomic E-state index is -0.537. The summed E-state index contributed by atoms with van der Waals surface area (Å²) in [7, 11) is 0. The number of non-ortho nitro benzene ring substituents is 1. The largest absolute Gasteiger partial charge is 0.350 e. The Labute approximate surface area is 189 Å². The molecule has 0 fully saturated rings. The molecule has 0 saturated carbocycles. The first kappa shape index (κ1) is 21.9. The second kappa shape index (κ2) is 8.66. The van der Waals surface area contributed by atoms with Crippen LogP contribution >= 0.6 is 0 Å². The van der Waals surface area contributed by atoms with Gasteiger partial charge in [-0.2, -0.15) is 0 Å². The van der Waals surface area contributed by atoms with Crippen molar-refractivity contribution in [2.75, 3.05) is 5.32 Å². The molecule has 0 radical (unpaired) electrons. The second-order valence-electron chi connectivity index (χ2n) is 7.80. The highest BCUT2D eigenvalue weighted by Crippen LogP contribution is 2.32. The van der Waals surface area contributed by atoms with Gasteiger partial charge in [0.2, 0.25) is 0 Å². The molecule has 3 aromatic rings. The van der Waals surface area contributed by atoms with E-state index in [4.69, 9.17) is 0 Å². The monoisotopic (exact) mass is 445 g/mol. The molecule has 0 atom stereocenters. The van der Waals surface area contributed by atoms with Crippen LogP contribution in [-0.4, -0.2) is 21.6 Å². The van der Waals surface area contributed by atoms with E-state index in [1.807, 2.05) is 32.0 Å². The standard InChI is InChI=1S/C25H20FN3O4/c1-15-3-10-20(13-16(15)2)27-23-22(18-6-11-21(12-7-18)29(32)33)24(30)28(25(23)31)14-17-4-8-19(26)9-5-17/h3-13,27H,14H2,1-2H3. The van der Waals surface area contributed by atoms with E-state index >= 15 is 0 Å². The average Bonchev–Trinajstić information content (AvgIpc) is 3.02. The number of nitrogens with one attached hydrogen (secondary N) is 1. The maximum Gasteiger partial charge on any atom is 0.278 e. The number of anilines is 1. The molecule has 2 amide bonds. The topological polar surface area (TPSA) is 92.6 Å². The normalized spacial score (nSPS) is 13.6. The van der Waals surface area contributed by atoms with Crippen LogP contribution < -0.4 is 5.32 Å². The molecular formula is C25H20FN3O4. The number of imide groups is 1. The Hall–Kier alpha value is -4.33. The molecule has 33 heavy (non-hydrogen) atoms. The van der Waals surface area contributed by atoms with Crippen molar-refractivity contribution in [2.45, 2.75) is 20.4 Å². The Morgan fingerprint density at radius 3 is 2.18 bits per heavy atom. The lowest BCUT2D eigenvalue weighted by Gasteiger charge is -2.15. The van der Waals surface area contributed by atoms with Crippen LogP contribution in [0.2, 0.25) is 0 Å². The summed E-state index contributed by atoms with van der Waals surface area (Å²) in [6, 6.07) is 16.6. The first-order chi connectivity index (χ1) is 15.7. The fourth-order valence-electron chi connectivity index (χ4n) is 3.59. The van der Waals surface area contributed by atoms with Gasteiger partial charge in [0.25, 0.3) is 17.5 Å². The number of rotatable bonds is 6. The van der Waals surface area contributed by atoms with Crippen LogP contribution in [0.25, 0.3) is 5.57 Å². The number of benzene rings is 3. The van der Waals surface area contributed by atoms with Crippen LogP contribution in [0.1, 0.15) is 22.3 Å². The van der Waals surface area contributed by atoms with Crippen molar-refractivity contribution in [3.05, 3.63) is 111 Å². The van der Waals surface area contributed by atoms with Crippen LogP contribution in [0.5, 0.6) is 0 Å². The van der Waals surface area contributed by atoms with Gasteiger partial charge in [-0.05, 0) is 72.5 Å². The smallest absolute Gasteiger partial charge is 0.278 e. The SMILES string of the molecule is Cc1ccc(NC2=C(c3ccc([N+](=O)[O-])cc3)C(=O)N(Cc3ccc(F)cc3)C2=O)cc1C. The minimum Gasteiger partial charge on any atom is -0.350 e. The number of nitrogens with zero attached hydrogens (tertiary/aromatic N) is 2. The Morgan fingerprint density at radius 1 is 0.909 bits per heavy atom. The van der Waals surface area contributed by atoms with Gasteiger partial charge >= 0.3 is 0 Å². The van der Waals surface area contributed by atoms with Gasteiger partial charge in [0.1, 0.15) is 11.5 Å². The van der Waals surface area contributed by atoms with E-state index in [-0.39, 0.29) is 23.5 Å². The third-order valence-corrected chi connectivity index (χ3v) is 5.57. The van der Waals surface area contributed by atoms with Gasteiger partial charge in [-0.25, -0.2) is 4.39 Å². The molecule has 0 unspecified atom stereocenters. The second-order valence-corrected chi connectivity index (χ2v) is 7.80. The number of nitro benzene ring substituents is 1. The van der Waals surface area contributed by atoms with Gasteiger partial charge < -0.3 is 5.32 Å². The van der Waals surface area contributed by atoms with E-state index in [9.17, 15) is 24.1 Å². The number of amides is 2. The van der Waals surface area contributed by atoms with E-state index < -0.39 is 22.6 Å². The van der Waals surface area contributed by atoms with Gasteiger partial charge in [-0.15, -0.1) is 0 Å². The molecule has 1 heterocycles. The maximum atomic E-state index is 13.3. The van der Waals surface area contributed by atoms with E-state index in [1.54, 1.807) is 0 Å². The molecular weight excluding hydrogens is 425 g/mol. The summed E-state index contributed by atoms with van der Waals surface area (Å²) in [4.78, 5) is 38.2. The third kappa shape index (κ3) is 4.36. The summed E-state index contributed by atoms with van der Waals surface area (Å²) >= 11 is 0. The zero-order valence-electron chi connectivity index (χ0n) is 18.0. The van der Waals surface area contributed by atoms with Gasteiger partial charge in [-0.1, -0.05) is 18.2 Å². The molecule has 0 aromatic heterocycles. The van der Waals surface area contributed by atoms with E-state index in [2.05, 4.69) is 5.32 Å². The van der Waals surface area contributed by atoms with Gasteiger partial charge in [0.05, 0.1) is 17.0 Å². The number of hydrogen-bond donors (Lipinski definition) is 1. The summed E-state index contributed by atoms with van der Waals surface area (Å²) in [5, 5.41) is 14.1. The number of halogens is 1. The van der Waals surface area contributed by atoms with E-state index in [1.165, 1.54) is 48.5 Å². The Kier molecular flexibility index (Phi) is 5.74. The van der Waals surface area contributed by atoms with Gasteiger partial charge in [0, 0.05) is 17.8 Å². The average molecular weight is 445 g/mol. The molecule has 0 spiro atoms. The number of carbonyl (C=O) groups is 2. The summed E-state index contributed by atoms with van der Waals surface area (Å²) in [5.74, 6) is -1.49. The number of nitro groups is 1. The molecule has 8 heteroatoms. The highest BCUT2D eigenvalue weighted by atomic mass is 19.1. The first-order valence-electron chi connectivity index (χ1n) is 10.2. The van der Waals surface area contributed by atoms with E-state index in [0.717, 1.165) is 16.0 Å². The van der Waals surface area contributed by atoms with Crippen molar-refractivity contribution in [3.63, 3.8) is 0 Å². The lowest BCUT2D eigenvalue weighted by Crippen LogP contribution is -2.32. The zero-order valence-corrected chi connectivity index (χ0v) is 18.0. The highest BCUT2D eigenvalue weighted by Gasteiger charge is 2.39. The van der Waals surface area contributed by atoms with Crippen molar-refractivity contribution in [3.8, 4) is 0 Å². The summed E-state index contributed by atoms with van der Waals surface area (Å²) in [6.45, 7) is 3.87. The predicted octanol–water partition coefficient (Wildman–Crippen LogP) is 4.74. The summed E-state index contributed by atoms with van der Waals surface area (Å²) in [5.41, 5.74) is 3.78. The van der Waals surface area contributed by atoms with Crippen LogP contribution in [0.3, 0.4) is 0 Å². The maximum absolute atomic E-state index is 13.3. The van der Waals surface area contributed by atoms with Crippen LogP contribution in [-0.2, 0) is 16.1 Å². The molecule has 0 bridgehead atoms. The van der Waals surface area contributed by atoms with E-state index in [0.29, 0.717) is 16.8 Å². The van der Waals surface area contributed by atoms with Gasteiger partial charge in [0.15, 0.2) is 0 Å². The Morgan fingerprint density at radius 2 is 1.58 bits per heavy atom. The van der Waals surface area contributed by atoms with Crippen LogP contribution in [0, 0.1) is 29.8 Å².